The minimum absolute atomic E-state index is 0.0270. The zero-order chi connectivity index (χ0) is 19.3. The number of H-pyrrole nitrogens is 1. The van der Waals surface area contributed by atoms with E-state index in [1.54, 1.807) is 6.92 Å². The predicted molar refractivity (Wildman–Crippen MR) is 99.7 cm³/mol. The van der Waals surface area contributed by atoms with Gasteiger partial charge in [-0.15, -0.1) is 0 Å². The number of ether oxygens (including phenoxy) is 1. The topological polar surface area (TPSA) is 119 Å². The first-order chi connectivity index (χ1) is 12.4. The van der Waals surface area contributed by atoms with Gasteiger partial charge in [0.2, 0.25) is 10.5 Å². The van der Waals surface area contributed by atoms with Crippen molar-refractivity contribution < 1.29 is 14.8 Å². The number of benzene rings is 1. The SMILES string of the molecule is CCOc1cc(/C=N\n2c(C(CC)CC)n[nH]c2=S)cc([N+](=O)[O-])c1O. The van der Waals surface area contributed by atoms with Gasteiger partial charge in [0.05, 0.1) is 17.7 Å². The summed E-state index contributed by atoms with van der Waals surface area (Å²) >= 11 is 5.22. The maximum Gasteiger partial charge on any atom is 0.315 e. The number of nitrogens with zero attached hydrogens (tertiary/aromatic N) is 4. The Kier molecular flexibility index (Phi) is 6.45. The van der Waals surface area contributed by atoms with Gasteiger partial charge in [-0.2, -0.15) is 14.9 Å². The second kappa shape index (κ2) is 8.56. The number of aromatic nitrogens is 3. The van der Waals surface area contributed by atoms with Crippen molar-refractivity contribution >= 4 is 24.1 Å². The molecule has 0 saturated carbocycles. The molecule has 2 rings (SSSR count). The molecule has 0 aliphatic rings. The minimum Gasteiger partial charge on any atom is -0.500 e. The van der Waals surface area contributed by atoms with Crippen molar-refractivity contribution in [3.63, 3.8) is 0 Å². The molecule has 0 radical (unpaired) electrons. The van der Waals surface area contributed by atoms with Gasteiger partial charge in [0.1, 0.15) is 0 Å². The fourth-order valence-electron chi connectivity index (χ4n) is 2.55. The Balaban J connectivity index is 2.47. The predicted octanol–water partition coefficient (Wildman–Crippen LogP) is 3.74. The lowest BCUT2D eigenvalue weighted by atomic mass is 10.0. The van der Waals surface area contributed by atoms with Crippen LogP contribution in [0.5, 0.6) is 11.5 Å². The molecule has 0 unspecified atom stereocenters. The van der Waals surface area contributed by atoms with Gasteiger partial charge in [0, 0.05) is 17.5 Å². The van der Waals surface area contributed by atoms with Crippen LogP contribution < -0.4 is 4.74 Å². The second-order valence-corrected chi connectivity index (χ2v) is 5.92. The summed E-state index contributed by atoms with van der Waals surface area (Å²) < 4.78 is 7.10. The molecule has 2 N–H and O–H groups in total. The molecule has 9 nitrogen and oxygen atoms in total. The largest absolute Gasteiger partial charge is 0.500 e. The molecule has 1 heterocycles. The Morgan fingerprint density at radius 2 is 2.15 bits per heavy atom. The van der Waals surface area contributed by atoms with E-state index < -0.39 is 16.4 Å². The molecule has 0 aliphatic heterocycles. The lowest BCUT2D eigenvalue weighted by Crippen LogP contribution is -2.05. The Morgan fingerprint density at radius 3 is 2.73 bits per heavy atom. The Labute approximate surface area is 155 Å². The van der Waals surface area contributed by atoms with E-state index in [2.05, 4.69) is 29.1 Å². The van der Waals surface area contributed by atoms with Crippen LogP contribution in [0.3, 0.4) is 0 Å². The van der Waals surface area contributed by atoms with Gasteiger partial charge in [0.25, 0.3) is 0 Å². The number of aromatic hydroxyl groups is 1. The average Bonchev–Trinajstić information content (AvgIpc) is 2.97. The van der Waals surface area contributed by atoms with Crippen LogP contribution in [0.4, 0.5) is 5.69 Å². The molecular formula is C16H21N5O4S. The van der Waals surface area contributed by atoms with Crippen molar-refractivity contribution in [2.75, 3.05) is 6.61 Å². The average molecular weight is 379 g/mol. The van der Waals surface area contributed by atoms with Gasteiger partial charge in [-0.1, -0.05) is 13.8 Å². The second-order valence-electron chi connectivity index (χ2n) is 5.53. The molecule has 26 heavy (non-hydrogen) atoms. The molecule has 140 valence electrons. The first-order valence-electron chi connectivity index (χ1n) is 8.28. The number of nitro groups is 1. The van der Waals surface area contributed by atoms with E-state index in [9.17, 15) is 15.2 Å². The monoisotopic (exact) mass is 379 g/mol. The first kappa shape index (κ1) is 19.6. The van der Waals surface area contributed by atoms with E-state index >= 15 is 0 Å². The molecule has 0 saturated heterocycles. The van der Waals surface area contributed by atoms with E-state index in [4.69, 9.17) is 17.0 Å². The summed E-state index contributed by atoms with van der Waals surface area (Å²) in [7, 11) is 0. The van der Waals surface area contributed by atoms with Crippen molar-refractivity contribution in [1.29, 1.82) is 0 Å². The summed E-state index contributed by atoms with van der Waals surface area (Å²) in [5.74, 6) is 0.411. The van der Waals surface area contributed by atoms with Gasteiger partial charge in [0.15, 0.2) is 11.6 Å². The number of rotatable bonds is 8. The first-order valence-corrected chi connectivity index (χ1v) is 8.69. The lowest BCUT2D eigenvalue weighted by Gasteiger charge is -2.10. The highest BCUT2D eigenvalue weighted by molar-refractivity contribution is 7.71. The zero-order valence-corrected chi connectivity index (χ0v) is 15.6. The summed E-state index contributed by atoms with van der Waals surface area (Å²) in [6.45, 7) is 6.09. The van der Waals surface area contributed by atoms with Gasteiger partial charge >= 0.3 is 5.69 Å². The lowest BCUT2D eigenvalue weighted by molar-refractivity contribution is -0.386. The molecule has 0 fully saturated rings. The van der Waals surface area contributed by atoms with Crippen LogP contribution in [0.25, 0.3) is 0 Å². The van der Waals surface area contributed by atoms with E-state index in [0.717, 1.165) is 12.8 Å². The number of phenolic OH excluding ortho intramolecular Hbond substituents is 1. The van der Waals surface area contributed by atoms with Gasteiger partial charge in [-0.05, 0) is 38.0 Å². The smallest absolute Gasteiger partial charge is 0.315 e. The Bertz CT molecular complexity index is 870. The van der Waals surface area contributed by atoms with Crippen LogP contribution in [0, 0.1) is 14.9 Å². The molecule has 10 heteroatoms. The van der Waals surface area contributed by atoms with Crippen LogP contribution in [0.15, 0.2) is 17.2 Å². The van der Waals surface area contributed by atoms with Crippen molar-refractivity contribution in [3.8, 4) is 11.5 Å². The van der Waals surface area contributed by atoms with Crippen molar-refractivity contribution in [2.45, 2.75) is 39.5 Å². The molecule has 1 aromatic carbocycles. The van der Waals surface area contributed by atoms with E-state index in [1.807, 2.05) is 0 Å². The van der Waals surface area contributed by atoms with Gasteiger partial charge < -0.3 is 9.84 Å². The third-order valence-corrected chi connectivity index (χ3v) is 4.19. The normalized spacial score (nSPS) is 11.4. The number of nitro benzene ring substituents is 1. The Hall–Kier alpha value is -2.75. The van der Waals surface area contributed by atoms with Crippen LogP contribution in [-0.2, 0) is 0 Å². The van der Waals surface area contributed by atoms with Crippen LogP contribution in [-0.4, -0.2) is 37.7 Å². The van der Waals surface area contributed by atoms with Crippen molar-refractivity contribution in [1.82, 2.24) is 14.9 Å². The van der Waals surface area contributed by atoms with Crippen LogP contribution >= 0.6 is 12.2 Å². The van der Waals surface area contributed by atoms with Gasteiger partial charge in [-0.25, -0.2) is 0 Å². The molecule has 0 atom stereocenters. The molecule has 0 spiro atoms. The minimum atomic E-state index is -0.672. The highest BCUT2D eigenvalue weighted by Crippen LogP contribution is 2.36. The summed E-state index contributed by atoms with van der Waals surface area (Å²) in [5, 5.41) is 32.4. The number of hydrogen-bond donors (Lipinski definition) is 2. The molecule has 0 aliphatic carbocycles. The highest BCUT2D eigenvalue weighted by atomic mass is 32.1. The zero-order valence-electron chi connectivity index (χ0n) is 14.8. The number of aromatic amines is 1. The van der Waals surface area contributed by atoms with E-state index in [0.29, 0.717) is 16.2 Å². The number of hydrogen-bond acceptors (Lipinski definition) is 7. The third kappa shape index (κ3) is 4.07. The summed E-state index contributed by atoms with van der Waals surface area (Å²) in [5.41, 5.74) is -0.0510. The quantitative estimate of drug-likeness (QED) is 0.312. The molecule has 0 amide bonds. The molecule has 2 aromatic rings. The molecule has 0 bridgehead atoms. The number of phenols is 1. The van der Waals surface area contributed by atoms with E-state index in [-0.39, 0.29) is 18.3 Å². The highest BCUT2D eigenvalue weighted by Gasteiger charge is 2.20. The molecule has 1 aromatic heterocycles. The van der Waals surface area contributed by atoms with E-state index in [1.165, 1.54) is 23.0 Å². The fourth-order valence-corrected chi connectivity index (χ4v) is 2.74. The standard InChI is InChI=1S/C16H21N5O4S/c1-4-11(5-2)15-18-19-16(26)20(15)17-9-10-7-12(21(23)24)14(22)13(8-10)25-6-3/h7-9,11,22H,4-6H2,1-3H3,(H,19,26)/b17-9-. The molecular weight excluding hydrogens is 358 g/mol. The summed E-state index contributed by atoms with van der Waals surface area (Å²) in [6.07, 6.45) is 3.18. The van der Waals surface area contributed by atoms with Crippen molar-refractivity contribution in [2.24, 2.45) is 5.10 Å². The number of nitrogens with one attached hydrogen (secondary N) is 1. The third-order valence-electron chi connectivity index (χ3n) is 3.92. The maximum atomic E-state index is 11.1. The van der Waals surface area contributed by atoms with Crippen LogP contribution in [0.2, 0.25) is 0 Å². The summed E-state index contributed by atoms with van der Waals surface area (Å²) in [4.78, 5) is 10.5. The van der Waals surface area contributed by atoms with Gasteiger partial charge in [-0.3, -0.25) is 15.2 Å². The maximum absolute atomic E-state index is 11.1. The van der Waals surface area contributed by atoms with Crippen LogP contribution in [0.1, 0.15) is 50.9 Å². The Morgan fingerprint density at radius 1 is 1.46 bits per heavy atom. The van der Waals surface area contributed by atoms with Crippen molar-refractivity contribution in [3.05, 3.63) is 38.4 Å². The summed E-state index contributed by atoms with van der Waals surface area (Å²) in [6, 6.07) is 2.71. The fraction of sp³-hybridized carbons (Fsp3) is 0.438.